The number of ether oxygens (including phenoxy) is 1. The highest BCUT2D eigenvalue weighted by Gasteiger charge is 2.39. The van der Waals surface area contributed by atoms with E-state index < -0.39 is 0 Å². The smallest absolute Gasteiger partial charge is 0.191 e. The van der Waals surface area contributed by atoms with Crippen molar-refractivity contribution in [1.29, 1.82) is 0 Å². The van der Waals surface area contributed by atoms with E-state index in [1.807, 2.05) is 7.05 Å². The molecule has 0 aliphatic carbocycles. The molecule has 0 bridgehead atoms. The second-order valence-corrected chi connectivity index (χ2v) is 7.50. The lowest BCUT2D eigenvalue weighted by atomic mass is 9.84. The summed E-state index contributed by atoms with van der Waals surface area (Å²) in [5, 5.41) is 7.03. The van der Waals surface area contributed by atoms with Crippen LogP contribution in [-0.4, -0.2) is 87.9 Å². The van der Waals surface area contributed by atoms with Gasteiger partial charge >= 0.3 is 0 Å². The topological polar surface area (TPSA) is 52.1 Å². The Hall–Kier alpha value is -0.850. The summed E-state index contributed by atoms with van der Waals surface area (Å²) in [5.41, 5.74) is 0.273. The number of hydrogen-bond acceptors (Lipinski definition) is 4. The number of nitrogens with zero attached hydrogens (tertiary/aromatic N) is 3. The van der Waals surface area contributed by atoms with Gasteiger partial charge in [-0.3, -0.25) is 9.89 Å². The average molecular weight is 340 g/mol. The minimum atomic E-state index is 0.254. The molecule has 2 saturated heterocycles. The number of piperidine rings is 2. The molecule has 24 heavy (non-hydrogen) atoms. The molecule has 0 saturated carbocycles. The third-order valence-corrected chi connectivity index (χ3v) is 5.55. The summed E-state index contributed by atoms with van der Waals surface area (Å²) in [6, 6.07) is 0.254. The Bertz CT molecular complexity index is 387. The summed E-state index contributed by atoms with van der Waals surface area (Å²) in [7, 11) is 5.82. The molecule has 1 atom stereocenters. The Morgan fingerprint density at radius 1 is 1.17 bits per heavy atom. The van der Waals surface area contributed by atoms with Crippen molar-refractivity contribution in [3.8, 4) is 0 Å². The highest BCUT2D eigenvalue weighted by molar-refractivity contribution is 5.80. The van der Waals surface area contributed by atoms with Gasteiger partial charge in [0.05, 0.1) is 6.61 Å². The average Bonchev–Trinajstić information content (AvgIpc) is 2.61. The molecule has 6 heteroatoms. The van der Waals surface area contributed by atoms with Crippen LogP contribution in [0.2, 0.25) is 0 Å². The van der Waals surface area contributed by atoms with E-state index in [1.165, 1.54) is 58.3 Å². The van der Waals surface area contributed by atoms with E-state index >= 15 is 0 Å². The fraction of sp³-hybridized carbons (Fsp3) is 0.944. The lowest BCUT2D eigenvalue weighted by Gasteiger charge is -2.50. The van der Waals surface area contributed by atoms with E-state index in [1.54, 1.807) is 7.11 Å². The van der Waals surface area contributed by atoms with Gasteiger partial charge in [0.1, 0.15) is 0 Å². The molecule has 0 spiro atoms. The summed E-state index contributed by atoms with van der Waals surface area (Å²) < 4.78 is 5.21. The predicted octanol–water partition coefficient (Wildman–Crippen LogP) is 1.14. The Kier molecular flexibility index (Phi) is 7.78. The fourth-order valence-electron chi connectivity index (χ4n) is 3.98. The van der Waals surface area contributed by atoms with Crippen LogP contribution in [0.1, 0.15) is 39.0 Å². The maximum Gasteiger partial charge on any atom is 0.191 e. The third-order valence-electron chi connectivity index (χ3n) is 5.55. The van der Waals surface area contributed by atoms with Crippen LogP contribution < -0.4 is 10.6 Å². The summed E-state index contributed by atoms with van der Waals surface area (Å²) in [5.74, 6) is 0.884. The molecule has 0 aromatic rings. The van der Waals surface area contributed by atoms with Gasteiger partial charge in [0, 0.05) is 32.3 Å². The van der Waals surface area contributed by atoms with Crippen LogP contribution in [-0.2, 0) is 4.74 Å². The van der Waals surface area contributed by atoms with E-state index in [-0.39, 0.29) is 11.6 Å². The zero-order valence-corrected chi connectivity index (χ0v) is 16.1. The van der Waals surface area contributed by atoms with Crippen LogP contribution in [0.25, 0.3) is 0 Å². The van der Waals surface area contributed by atoms with Crippen molar-refractivity contribution in [1.82, 2.24) is 20.4 Å². The minimum absolute atomic E-state index is 0.254. The van der Waals surface area contributed by atoms with Crippen molar-refractivity contribution >= 4 is 5.96 Å². The molecule has 1 unspecified atom stereocenters. The van der Waals surface area contributed by atoms with Gasteiger partial charge in [-0.25, -0.2) is 0 Å². The van der Waals surface area contributed by atoms with Crippen LogP contribution in [0, 0.1) is 0 Å². The van der Waals surface area contributed by atoms with Gasteiger partial charge in [0.25, 0.3) is 0 Å². The summed E-state index contributed by atoms with van der Waals surface area (Å²) in [6.45, 7) is 8.64. The lowest BCUT2D eigenvalue weighted by molar-refractivity contribution is 0.0172. The molecule has 0 aromatic heterocycles. The number of guanidine groups is 1. The van der Waals surface area contributed by atoms with Crippen molar-refractivity contribution in [2.24, 2.45) is 4.99 Å². The molecular formula is C18H37N5O. The zero-order valence-electron chi connectivity index (χ0n) is 16.1. The predicted molar refractivity (Wildman–Crippen MR) is 101 cm³/mol. The molecule has 6 nitrogen and oxygen atoms in total. The Morgan fingerprint density at radius 3 is 2.42 bits per heavy atom. The van der Waals surface area contributed by atoms with E-state index in [0.29, 0.717) is 6.61 Å². The van der Waals surface area contributed by atoms with Gasteiger partial charge in [0.15, 0.2) is 5.96 Å². The van der Waals surface area contributed by atoms with Crippen LogP contribution in [0.15, 0.2) is 4.99 Å². The summed E-state index contributed by atoms with van der Waals surface area (Å²) >= 11 is 0. The number of hydrogen-bond donors (Lipinski definition) is 2. The second kappa shape index (κ2) is 9.59. The number of aliphatic imine (C=N–C) groups is 1. The zero-order chi connectivity index (χ0) is 17.4. The molecule has 2 rings (SSSR count). The van der Waals surface area contributed by atoms with Crippen LogP contribution in [0.4, 0.5) is 0 Å². The molecule has 140 valence electrons. The maximum absolute atomic E-state index is 5.21. The Balaban J connectivity index is 1.97. The fourth-order valence-corrected chi connectivity index (χ4v) is 3.98. The maximum atomic E-state index is 5.21. The quantitative estimate of drug-likeness (QED) is 0.561. The van der Waals surface area contributed by atoms with Gasteiger partial charge in [-0.05, 0) is 65.8 Å². The van der Waals surface area contributed by atoms with Crippen LogP contribution in [0.5, 0.6) is 0 Å². The number of nitrogens with one attached hydrogen (secondary N) is 2. The van der Waals surface area contributed by atoms with Crippen molar-refractivity contribution in [2.45, 2.75) is 50.6 Å². The first kappa shape index (κ1) is 19.5. The van der Waals surface area contributed by atoms with Crippen molar-refractivity contribution in [2.75, 3.05) is 60.5 Å². The first-order valence-corrected chi connectivity index (χ1v) is 9.49. The molecule has 2 aliphatic heterocycles. The SMILES string of the molecule is CN=C(NCC1(N2CCCCC2)CCN(C)CC1)NC(C)COC. The van der Waals surface area contributed by atoms with Gasteiger partial charge < -0.3 is 20.3 Å². The standard InChI is InChI=1S/C18H37N5O/c1-16(14-24-4)21-17(19-2)20-15-18(8-12-22(3)13-9-18)23-10-6-5-7-11-23/h16H,5-15H2,1-4H3,(H2,19,20,21). The minimum Gasteiger partial charge on any atom is -0.383 e. The molecule has 2 N–H and O–H groups in total. The lowest BCUT2D eigenvalue weighted by Crippen LogP contribution is -2.62. The van der Waals surface area contributed by atoms with Crippen LogP contribution in [0.3, 0.4) is 0 Å². The molecule has 2 heterocycles. The highest BCUT2D eigenvalue weighted by atomic mass is 16.5. The summed E-state index contributed by atoms with van der Waals surface area (Å²) in [4.78, 5) is 9.60. The molecule has 0 aromatic carbocycles. The van der Waals surface area contributed by atoms with E-state index in [4.69, 9.17) is 4.74 Å². The van der Waals surface area contributed by atoms with Gasteiger partial charge in [-0.2, -0.15) is 0 Å². The van der Waals surface area contributed by atoms with Crippen molar-refractivity contribution < 1.29 is 4.74 Å². The Labute approximate surface area is 148 Å². The van der Waals surface area contributed by atoms with Crippen LogP contribution >= 0.6 is 0 Å². The third kappa shape index (κ3) is 5.33. The normalized spacial score (nSPS) is 24.6. The molecule has 2 fully saturated rings. The monoisotopic (exact) mass is 339 g/mol. The molecule has 2 aliphatic rings. The van der Waals surface area contributed by atoms with Gasteiger partial charge in [-0.15, -0.1) is 0 Å². The first-order chi connectivity index (χ1) is 11.6. The highest BCUT2D eigenvalue weighted by Crippen LogP contribution is 2.30. The molecular weight excluding hydrogens is 302 g/mol. The Morgan fingerprint density at radius 2 is 1.83 bits per heavy atom. The number of rotatable bonds is 6. The van der Waals surface area contributed by atoms with Crippen molar-refractivity contribution in [3.63, 3.8) is 0 Å². The van der Waals surface area contributed by atoms with E-state index in [9.17, 15) is 0 Å². The van der Waals surface area contributed by atoms with E-state index in [0.717, 1.165) is 12.5 Å². The second-order valence-electron chi connectivity index (χ2n) is 7.50. The molecule has 0 amide bonds. The van der Waals surface area contributed by atoms with Gasteiger partial charge in [0.2, 0.25) is 0 Å². The van der Waals surface area contributed by atoms with Crippen molar-refractivity contribution in [3.05, 3.63) is 0 Å². The number of methoxy groups -OCH3 is 1. The summed E-state index contributed by atoms with van der Waals surface area (Å²) in [6.07, 6.45) is 6.55. The largest absolute Gasteiger partial charge is 0.383 e. The van der Waals surface area contributed by atoms with Gasteiger partial charge in [-0.1, -0.05) is 6.42 Å². The van der Waals surface area contributed by atoms with E-state index in [2.05, 4.69) is 39.4 Å². The first-order valence-electron chi connectivity index (χ1n) is 9.49. The molecule has 0 radical (unpaired) electrons. The number of likely N-dealkylation sites (tertiary alicyclic amines) is 2.